The predicted octanol–water partition coefficient (Wildman–Crippen LogP) is 5.42. The second-order valence-corrected chi connectivity index (χ2v) is 9.17. The Hall–Kier alpha value is -3.69. The molecule has 0 aliphatic rings. The quantitative estimate of drug-likeness (QED) is 0.196. The molecule has 1 aromatic heterocycles. The van der Waals surface area contributed by atoms with Crippen LogP contribution in [0.4, 0.5) is 5.13 Å². The van der Waals surface area contributed by atoms with E-state index < -0.39 is 10.1 Å². The number of aromatic nitrogens is 1. The van der Waals surface area contributed by atoms with Gasteiger partial charge in [-0.15, -0.1) is 11.3 Å². The number of nitrogens with zero attached hydrogens (tertiary/aromatic N) is 2. The van der Waals surface area contributed by atoms with Crippen LogP contribution in [0.3, 0.4) is 0 Å². The van der Waals surface area contributed by atoms with Crippen molar-refractivity contribution >= 4 is 32.8 Å². The van der Waals surface area contributed by atoms with Gasteiger partial charge in [0.2, 0.25) is 5.13 Å². The lowest BCUT2D eigenvalue weighted by molar-refractivity contribution is 0.327. The maximum Gasteiger partial charge on any atom is 0.339 e. The summed E-state index contributed by atoms with van der Waals surface area (Å²) in [7, 11) is -3.97. The molecule has 0 bridgehead atoms. The van der Waals surface area contributed by atoms with Gasteiger partial charge in [-0.2, -0.15) is 13.5 Å². The number of hydrazone groups is 1. The van der Waals surface area contributed by atoms with E-state index in [4.69, 9.17) is 8.92 Å². The fourth-order valence-electron chi connectivity index (χ4n) is 2.92. The van der Waals surface area contributed by atoms with Crippen LogP contribution in [0.1, 0.15) is 12.5 Å². The fraction of sp³-hybridized carbons (Fsp3) is 0.0833. The molecule has 0 aliphatic carbocycles. The van der Waals surface area contributed by atoms with Gasteiger partial charge in [-0.25, -0.2) is 4.98 Å². The Morgan fingerprint density at radius 2 is 1.73 bits per heavy atom. The summed E-state index contributed by atoms with van der Waals surface area (Å²) < 4.78 is 36.0. The van der Waals surface area contributed by atoms with E-state index in [2.05, 4.69) is 15.5 Å². The van der Waals surface area contributed by atoms with Crippen LogP contribution in [0, 0.1) is 0 Å². The highest BCUT2D eigenvalue weighted by Gasteiger charge is 2.19. The van der Waals surface area contributed by atoms with Gasteiger partial charge in [0, 0.05) is 10.9 Å². The first-order valence-corrected chi connectivity index (χ1v) is 12.4. The lowest BCUT2D eigenvalue weighted by atomic mass is 10.2. The zero-order valence-electron chi connectivity index (χ0n) is 17.7. The smallest absolute Gasteiger partial charge is 0.339 e. The maximum absolute atomic E-state index is 12.6. The van der Waals surface area contributed by atoms with Crippen molar-refractivity contribution in [2.75, 3.05) is 12.0 Å². The fourth-order valence-corrected chi connectivity index (χ4v) is 4.55. The van der Waals surface area contributed by atoms with Gasteiger partial charge in [-0.1, -0.05) is 48.5 Å². The van der Waals surface area contributed by atoms with Crippen molar-refractivity contribution < 1.29 is 17.3 Å². The molecular weight excluding hydrogens is 458 g/mol. The minimum absolute atomic E-state index is 0.0700. The van der Waals surface area contributed by atoms with Gasteiger partial charge < -0.3 is 8.92 Å². The van der Waals surface area contributed by atoms with Gasteiger partial charge in [0.05, 0.1) is 18.5 Å². The van der Waals surface area contributed by atoms with E-state index >= 15 is 0 Å². The average Bonchev–Trinajstić information content (AvgIpc) is 3.31. The number of anilines is 1. The van der Waals surface area contributed by atoms with E-state index in [1.165, 1.54) is 23.5 Å². The van der Waals surface area contributed by atoms with Crippen LogP contribution in [0.25, 0.3) is 11.3 Å². The van der Waals surface area contributed by atoms with E-state index in [0.717, 1.165) is 11.3 Å². The molecule has 0 fully saturated rings. The Labute approximate surface area is 196 Å². The van der Waals surface area contributed by atoms with Crippen molar-refractivity contribution in [1.82, 2.24) is 4.98 Å². The summed E-state index contributed by atoms with van der Waals surface area (Å²) in [6.45, 7) is 2.16. The third-order valence-electron chi connectivity index (χ3n) is 4.45. The number of ether oxygens (including phenoxy) is 1. The molecule has 4 aromatic rings. The molecule has 0 spiro atoms. The Morgan fingerprint density at radius 3 is 2.45 bits per heavy atom. The second-order valence-electron chi connectivity index (χ2n) is 6.76. The molecule has 168 valence electrons. The molecule has 1 heterocycles. The molecule has 9 heteroatoms. The van der Waals surface area contributed by atoms with Crippen LogP contribution in [-0.2, 0) is 10.1 Å². The summed E-state index contributed by atoms with van der Waals surface area (Å²) in [5, 5.41) is 6.84. The summed E-state index contributed by atoms with van der Waals surface area (Å²) >= 11 is 1.45. The number of hydrogen-bond acceptors (Lipinski definition) is 8. The summed E-state index contributed by atoms with van der Waals surface area (Å²) in [4.78, 5) is 4.59. The van der Waals surface area contributed by atoms with Crippen molar-refractivity contribution in [3.05, 3.63) is 89.8 Å². The monoisotopic (exact) mass is 479 g/mol. The third-order valence-corrected chi connectivity index (χ3v) is 6.44. The third kappa shape index (κ3) is 5.76. The number of thiazole rings is 1. The zero-order valence-corrected chi connectivity index (χ0v) is 19.3. The van der Waals surface area contributed by atoms with Gasteiger partial charge in [0.25, 0.3) is 0 Å². The van der Waals surface area contributed by atoms with E-state index in [1.54, 1.807) is 42.6 Å². The average molecular weight is 480 g/mol. The Morgan fingerprint density at radius 1 is 1.00 bits per heavy atom. The first-order valence-electron chi connectivity index (χ1n) is 10.1. The molecule has 0 atom stereocenters. The van der Waals surface area contributed by atoms with Crippen LogP contribution < -0.4 is 14.3 Å². The molecule has 33 heavy (non-hydrogen) atoms. The largest absolute Gasteiger partial charge is 0.490 e. The Kier molecular flexibility index (Phi) is 7.01. The topological polar surface area (TPSA) is 89.9 Å². The molecule has 7 nitrogen and oxygen atoms in total. The SMILES string of the molecule is CCOc1cc(/C=N\Nc2nc(-c3ccccc3)cs2)ccc1OS(=O)(=O)c1ccccc1. The van der Waals surface area contributed by atoms with E-state index in [9.17, 15) is 8.42 Å². The minimum atomic E-state index is -3.97. The number of nitrogens with one attached hydrogen (secondary N) is 1. The van der Waals surface area contributed by atoms with Crippen molar-refractivity contribution in [1.29, 1.82) is 0 Å². The standard InChI is InChI=1S/C24H21N3O4S2/c1-2-30-23-15-18(13-14-22(23)31-33(28,29)20-11-7-4-8-12-20)16-25-27-24-26-21(17-32-24)19-9-5-3-6-10-19/h3-17H,2H2,1H3,(H,26,27)/b25-16-. The van der Waals surface area contributed by atoms with Crippen LogP contribution in [-0.4, -0.2) is 26.2 Å². The second kappa shape index (κ2) is 10.3. The lowest BCUT2D eigenvalue weighted by Gasteiger charge is -2.12. The zero-order chi connectivity index (χ0) is 23.1. The van der Waals surface area contributed by atoms with Crippen LogP contribution >= 0.6 is 11.3 Å². The first-order chi connectivity index (χ1) is 16.0. The molecule has 0 unspecified atom stereocenters. The highest BCUT2D eigenvalue weighted by Crippen LogP contribution is 2.31. The van der Waals surface area contributed by atoms with Gasteiger partial charge in [-0.05, 0) is 42.8 Å². The predicted molar refractivity (Wildman–Crippen MR) is 131 cm³/mol. The van der Waals surface area contributed by atoms with E-state index in [-0.39, 0.29) is 10.6 Å². The van der Waals surface area contributed by atoms with Gasteiger partial charge in [0.1, 0.15) is 4.90 Å². The minimum Gasteiger partial charge on any atom is -0.490 e. The summed E-state index contributed by atoms with van der Waals surface area (Å²) in [6.07, 6.45) is 1.60. The Bertz CT molecular complexity index is 1340. The van der Waals surface area contributed by atoms with Crippen molar-refractivity contribution in [3.8, 4) is 22.8 Å². The summed E-state index contributed by atoms with van der Waals surface area (Å²) in [5.41, 5.74) is 5.53. The summed E-state index contributed by atoms with van der Waals surface area (Å²) in [5.74, 6) is 0.416. The first kappa shape index (κ1) is 22.5. The van der Waals surface area contributed by atoms with Crippen molar-refractivity contribution in [3.63, 3.8) is 0 Å². The highest BCUT2D eigenvalue weighted by atomic mass is 32.2. The van der Waals surface area contributed by atoms with Gasteiger partial charge >= 0.3 is 10.1 Å². The number of hydrogen-bond donors (Lipinski definition) is 1. The molecule has 3 aromatic carbocycles. The number of rotatable bonds is 9. The molecule has 1 N–H and O–H groups in total. The van der Waals surface area contributed by atoms with E-state index in [1.807, 2.05) is 42.6 Å². The van der Waals surface area contributed by atoms with Crippen LogP contribution in [0.2, 0.25) is 0 Å². The highest BCUT2D eigenvalue weighted by molar-refractivity contribution is 7.87. The molecular formula is C24H21N3O4S2. The van der Waals surface area contributed by atoms with Crippen molar-refractivity contribution in [2.45, 2.75) is 11.8 Å². The molecule has 0 radical (unpaired) electrons. The van der Waals surface area contributed by atoms with Gasteiger partial charge in [0.15, 0.2) is 11.5 Å². The maximum atomic E-state index is 12.6. The van der Waals surface area contributed by atoms with Gasteiger partial charge in [-0.3, -0.25) is 5.43 Å². The molecule has 0 amide bonds. The summed E-state index contributed by atoms with van der Waals surface area (Å²) in [6, 6.07) is 22.8. The number of benzene rings is 3. The lowest BCUT2D eigenvalue weighted by Crippen LogP contribution is -2.10. The Balaban J connectivity index is 1.47. The van der Waals surface area contributed by atoms with Crippen molar-refractivity contribution in [2.24, 2.45) is 5.10 Å². The molecule has 0 aliphatic heterocycles. The molecule has 0 saturated heterocycles. The van der Waals surface area contributed by atoms with Crippen LogP contribution in [0.5, 0.6) is 11.5 Å². The van der Waals surface area contributed by atoms with Crippen LogP contribution in [0.15, 0.2) is 94.2 Å². The molecule has 4 rings (SSSR count). The molecule has 0 saturated carbocycles. The van der Waals surface area contributed by atoms with E-state index in [0.29, 0.717) is 23.1 Å². The normalized spacial score (nSPS) is 11.4.